The summed E-state index contributed by atoms with van der Waals surface area (Å²) in [5.41, 5.74) is -7.30. The Hall–Kier alpha value is -3.37. The Morgan fingerprint density at radius 3 is 2.35 bits per heavy atom. The van der Waals surface area contributed by atoms with Gasteiger partial charge in [0.1, 0.15) is 11.4 Å². The van der Waals surface area contributed by atoms with Crippen molar-refractivity contribution in [1.29, 1.82) is 0 Å². The first-order chi connectivity index (χ1) is 12.1. The van der Waals surface area contributed by atoms with Crippen molar-refractivity contribution in [3.63, 3.8) is 0 Å². The summed E-state index contributed by atoms with van der Waals surface area (Å²) in [6.45, 7) is 0. The van der Waals surface area contributed by atoms with Gasteiger partial charge in [0.05, 0.1) is 0 Å². The first kappa shape index (κ1) is 17.5. The number of benzene rings is 1. The zero-order valence-corrected chi connectivity index (χ0v) is 13.1. The molecule has 0 saturated heterocycles. The van der Waals surface area contributed by atoms with Crippen LogP contribution in [0.2, 0.25) is 0 Å². The van der Waals surface area contributed by atoms with Crippen LogP contribution in [0.1, 0.15) is 15.9 Å². The highest BCUT2D eigenvalue weighted by atomic mass is 19.4. The van der Waals surface area contributed by atoms with Gasteiger partial charge in [-0.1, -0.05) is 18.2 Å². The van der Waals surface area contributed by atoms with Crippen molar-refractivity contribution in [1.82, 2.24) is 14.9 Å². The molecule has 0 saturated carbocycles. The maximum Gasteiger partial charge on any atom is 0.425 e. The molecule has 2 amide bonds. The molecule has 11 heteroatoms. The van der Waals surface area contributed by atoms with Crippen molar-refractivity contribution >= 4 is 17.6 Å². The Morgan fingerprint density at radius 1 is 1.15 bits per heavy atom. The van der Waals surface area contributed by atoms with E-state index in [4.69, 9.17) is 0 Å². The van der Waals surface area contributed by atoms with Crippen LogP contribution in [0.15, 0.2) is 39.9 Å². The standard InChI is InChI=1S/C15H11F3N4O4/c1-22-9-8(11(24)20-13(22)26)14(12(25)19-9,15(16,17)18)21-10(23)7-5-3-2-4-6-7/h2-6H,1H3,(H,19,25)(H,21,23)(H,20,24,26). The molecule has 136 valence electrons. The molecule has 1 aromatic heterocycles. The number of aromatic nitrogens is 2. The Labute approximate surface area is 142 Å². The smallest absolute Gasteiger partial charge is 0.326 e. The number of carbonyl (C=O) groups excluding carboxylic acids is 2. The number of amides is 2. The minimum Gasteiger partial charge on any atom is -0.326 e. The fraction of sp³-hybridized carbons (Fsp3) is 0.200. The topological polar surface area (TPSA) is 113 Å². The summed E-state index contributed by atoms with van der Waals surface area (Å²) in [4.78, 5) is 50.0. The lowest BCUT2D eigenvalue weighted by atomic mass is 9.91. The normalized spacial score (nSPS) is 19.0. The van der Waals surface area contributed by atoms with Gasteiger partial charge in [0, 0.05) is 12.6 Å². The van der Waals surface area contributed by atoms with Gasteiger partial charge in [-0.05, 0) is 12.1 Å². The lowest BCUT2D eigenvalue weighted by Crippen LogP contribution is -2.62. The zero-order valence-electron chi connectivity index (χ0n) is 13.1. The van der Waals surface area contributed by atoms with Gasteiger partial charge in [-0.3, -0.25) is 23.9 Å². The second-order valence-corrected chi connectivity index (χ2v) is 5.56. The van der Waals surface area contributed by atoms with E-state index >= 15 is 0 Å². The van der Waals surface area contributed by atoms with Crippen LogP contribution >= 0.6 is 0 Å². The molecule has 0 aliphatic carbocycles. The van der Waals surface area contributed by atoms with Gasteiger partial charge in [-0.25, -0.2) is 4.79 Å². The molecule has 1 aliphatic rings. The van der Waals surface area contributed by atoms with E-state index in [0.717, 1.165) is 7.05 Å². The van der Waals surface area contributed by atoms with Crippen LogP contribution in [0, 0.1) is 0 Å². The van der Waals surface area contributed by atoms with Crippen LogP contribution < -0.4 is 21.9 Å². The molecule has 1 aliphatic heterocycles. The van der Waals surface area contributed by atoms with E-state index in [1.165, 1.54) is 24.3 Å². The van der Waals surface area contributed by atoms with E-state index in [1.54, 1.807) is 16.4 Å². The average Bonchev–Trinajstić information content (AvgIpc) is 2.87. The van der Waals surface area contributed by atoms with Crippen molar-refractivity contribution in [2.45, 2.75) is 11.7 Å². The minimum absolute atomic E-state index is 0.140. The van der Waals surface area contributed by atoms with Crippen molar-refractivity contribution in [2.24, 2.45) is 7.05 Å². The molecule has 2 aromatic rings. The summed E-state index contributed by atoms with van der Waals surface area (Å²) in [6.07, 6.45) is -5.35. The molecule has 1 unspecified atom stereocenters. The molecule has 8 nitrogen and oxygen atoms in total. The summed E-state index contributed by atoms with van der Waals surface area (Å²) in [5.74, 6) is -3.52. The van der Waals surface area contributed by atoms with Gasteiger partial charge >= 0.3 is 11.9 Å². The van der Waals surface area contributed by atoms with E-state index in [-0.39, 0.29) is 5.56 Å². The van der Waals surface area contributed by atoms with Crippen molar-refractivity contribution in [2.75, 3.05) is 5.32 Å². The number of hydrogen-bond acceptors (Lipinski definition) is 4. The molecule has 26 heavy (non-hydrogen) atoms. The lowest BCUT2D eigenvalue weighted by molar-refractivity contribution is -0.196. The number of hydrogen-bond donors (Lipinski definition) is 3. The number of carbonyl (C=O) groups is 2. The van der Waals surface area contributed by atoms with E-state index in [1.807, 2.05) is 5.32 Å². The fourth-order valence-electron chi connectivity index (χ4n) is 2.72. The molecular weight excluding hydrogens is 357 g/mol. The first-order valence-corrected chi connectivity index (χ1v) is 7.19. The third kappa shape index (κ3) is 2.31. The zero-order chi connectivity index (χ0) is 19.3. The largest absolute Gasteiger partial charge is 0.425 e. The van der Waals surface area contributed by atoms with Crippen LogP contribution in [-0.2, 0) is 17.4 Å². The van der Waals surface area contributed by atoms with E-state index in [0.29, 0.717) is 4.57 Å². The highest BCUT2D eigenvalue weighted by Gasteiger charge is 2.68. The van der Waals surface area contributed by atoms with Crippen LogP contribution in [-0.4, -0.2) is 27.5 Å². The van der Waals surface area contributed by atoms with Crippen LogP contribution in [0.4, 0.5) is 19.0 Å². The monoisotopic (exact) mass is 368 g/mol. The highest BCUT2D eigenvalue weighted by molar-refractivity contribution is 6.09. The summed E-state index contributed by atoms with van der Waals surface area (Å²) >= 11 is 0. The molecule has 0 bridgehead atoms. The van der Waals surface area contributed by atoms with Crippen molar-refractivity contribution in [3.05, 3.63) is 62.3 Å². The van der Waals surface area contributed by atoms with Crippen molar-refractivity contribution in [3.8, 4) is 0 Å². The van der Waals surface area contributed by atoms with Crippen LogP contribution in [0.5, 0.6) is 0 Å². The Bertz CT molecular complexity index is 1030. The minimum atomic E-state index is -5.35. The summed E-state index contributed by atoms with van der Waals surface area (Å²) in [5, 5.41) is 3.50. The third-order valence-electron chi connectivity index (χ3n) is 4.03. The number of H-pyrrole nitrogens is 1. The van der Waals surface area contributed by atoms with Gasteiger partial charge in [0.25, 0.3) is 22.9 Å². The van der Waals surface area contributed by atoms with Gasteiger partial charge in [-0.15, -0.1) is 0 Å². The summed E-state index contributed by atoms with van der Waals surface area (Å²) < 4.78 is 42.4. The second kappa shape index (κ2) is 5.58. The van der Waals surface area contributed by atoms with E-state index < -0.39 is 46.2 Å². The highest BCUT2D eigenvalue weighted by Crippen LogP contribution is 2.44. The molecule has 3 N–H and O–H groups in total. The first-order valence-electron chi connectivity index (χ1n) is 7.19. The van der Waals surface area contributed by atoms with Gasteiger partial charge in [-0.2, -0.15) is 13.2 Å². The molecule has 0 fully saturated rings. The molecule has 1 aromatic carbocycles. The van der Waals surface area contributed by atoms with Crippen LogP contribution in [0.3, 0.4) is 0 Å². The average molecular weight is 368 g/mol. The molecule has 3 rings (SSSR count). The van der Waals surface area contributed by atoms with Crippen LogP contribution in [0.25, 0.3) is 0 Å². The molecule has 0 spiro atoms. The Morgan fingerprint density at radius 2 is 1.77 bits per heavy atom. The second-order valence-electron chi connectivity index (χ2n) is 5.56. The van der Waals surface area contributed by atoms with Crippen molar-refractivity contribution < 1.29 is 22.8 Å². The summed E-state index contributed by atoms with van der Waals surface area (Å²) in [7, 11) is 1.07. The molecule has 2 heterocycles. The SMILES string of the molecule is Cn1c2c(c(=O)[nH]c1=O)C(NC(=O)c1ccccc1)(C(F)(F)F)C(=O)N2. The number of fused-ring (bicyclic) bond motifs is 1. The maximum absolute atomic E-state index is 13.9. The third-order valence-corrected chi connectivity index (χ3v) is 4.03. The molecule has 1 atom stereocenters. The number of alkyl halides is 3. The number of nitrogens with zero attached hydrogens (tertiary/aromatic N) is 1. The molecular formula is C15H11F3N4O4. The van der Waals surface area contributed by atoms with E-state index in [9.17, 15) is 32.3 Å². The number of anilines is 1. The Balaban J connectivity index is 2.26. The quantitative estimate of drug-likeness (QED) is 0.703. The predicted octanol–water partition coefficient (Wildman–Crippen LogP) is 0.213. The van der Waals surface area contributed by atoms with Gasteiger partial charge in [0.15, 0.2) is 0 Å². The fourth-order valence-corrected chi connectivity index (χ4v) is 2.72. The molecule has 0 radical (unpaired) electrons. The lowest BCUT2D eigenvalue weighted by Gasteiger charge is -2.30. The maximum atomic E-state index is 13.9. The van der Waals surface area contributed by atoms with Gasteiger partial charge in [0.2, 0.25) is 0 Å². The summed E-state index contributed by atoms with van der Waals surface area (Å²) in [6, 6.07) is 6.90. The number of rotatable bonds is 2. The Kier molecular flexibility index (Phi) is 3.74. The van der Waals surface area contributed by atoms with Gasteiger partial charge < -0.3 is 10.6 Å². The number of halogens is 3. The number of aromatic amines is 1. The van der Waals surface area contributed by atoms with E-state index in [2.05, 4.69) is 0 Å². The number of nitrogens with one attached hydrogen (secondary N) is 3. The predicted molar refractivity (Wildman–Crippen MR) is 82.6 cm³/mol.